The molecule has 1 aliphatic heterocycles. The Balaban J connectivity index is 1.81. The number of aromatic nitrogens is 1. The Morgan fingerprint density at radius 2 is 2.22 bits per heavy atom. The van der Waals surface area contributed by atoms with Crippen LogP contribution in [0.2, 0.25) is 0 Å². The van der Waals surface area contributed by atoms with Crippen molar-refractivity contribution in [3.05, 3.63) is 16.1 Å². The van der Waals surface area contributed by atoms with Crippen molar-refractivity contribution in [1.29, 1.82) is 0 Å². The molecule has 18 heavy (non-hydrogen) atoms. The monoisotopic (exact) mass is 268 g/mol. The number of carbonyl (C=O) groups excluding carboxylic acids is 2. The van der Waals surface area contributed by atoms with Crippen LogP contribution in [0, 0.1) is 6.92 Å². The van der Waals surface area contributed by atoms with Crippen LogP contribution in [0.1, 0.15) is 10.7 Å². The highest BCUT2D eigenvalue weighted by atomic mass is 32.1. The third-order valence-corrected chi connectivity index (χ3v) is 3.52. The second kappa shape index (κ2) is 5.92. The van der Waals surface area contributed by atoms with E-state index in [-0.39, 0.29) is 0 Å². The molecular weight excluding hydrogens is 252 g/mol. The van der Waals surface area contributed by atoms with Crippen molar-refractivity contribution >= 4 is 23.2 Å². The first kappa shape index (κ1) is 13.0. The first-order valence-corrected chi connectivity index (χ1v) is 6.73. The zero-order chi connectivity index (χ0) is 13.0. The van der Waals surface area contributed by atoms with Crippen molar-refractivity contribution in [3.8, 4) is 0 Å². The van der Waals surface area contributed by atoms with Crippen LogP contribution >= 0.6 is 11.3 Å². The first-order chi connectivity index (χ1) is 8.66. The van der Waals surface area contributed by atoms with Gasteiger partial charge in [0.2, 0.25) is 0 Å². The van der Waals surface area contributed by atoms with E-state index in [0.717, 1.165) is 23.8 Å². The topological polar surface area (TPSA) is 74.3 Å². The van der Waals surface area contributed by atoms with Crippen LogP contribution in [-0.4, -0.2) is 47.9 Å². The van der Waals surface area contributed by atoms with E-state index in [2.05, 4.69) is 15.6 Å². The fourth-order valence-electron chi connectivity index (χ4n) is 1.75. The van der Waals surface area contributed by atoms with Gasteiger partial charge < -0.3 is 15.5 Å². The lowest BCUT2D eigenvalue weighted by atomic mass is 10.3. The molecule has 2 rings (SSSR count). The zero-order valence-corrected chi connectivity index (χ0v) is 11.0. The average molecular weight is 268 g/mol. The molecule has 0 radical (unpaired) electrons. The molecule has 1 aliphatic rings. The van der Waals surface area contributed by atoms with Crippen LogP contribution in [0.4, 0.5) is 0 Å². The number of hydrogen-bond donors (Lipinski definition) is 2. The van der Waals surface area contributed by atoms with Crippen LogP contribution in [0.15, 0.2) is 5.38 Å². The summed E-state index contributed by atoms with van der Waals surface area (Å²) in [4.78, 5) is 29.3. The minimum absolute atomic E-state index is 0.307. The number of carbonyl (C=O) groups is 2. The number of nitrogens with zero attached hydrogens (tertiary/aromatic N) is 2. The molecule has 7 heteroatoms. The van der Waals surface area contributed by atoms with E-state index in [9.17, 15) is 9.59 Å². The van der Waals surface area contributed by atoms with Crippen LogP contribution in [-0.2, 0) is 16.1 Å². The summed E-state index contributed by atoms with van der Waals surface area (Å²) in [5.41, 5.74) is 0.791. The summed E-state index contributed by atoms with van der Waals surface area (Å²) in [5.74, 6) is -1.01. The predicted octanol–water partition coefficient (Wildman–Crippen LogP) is -0.500. The number of hydrogen-bond acceptors (Lipinski definition) is 5. The van der Waals surface area contributed by atoms with Crippen LogP contribution < -0.4 is 10.6 Å². The molecule has 2 N–H and O–H groups in total. The van der Waals surface area contributed by atoms with Crippen molar-refractivity contribution in [2.24, 2.45) is 0 Å². The summed E-state index contributed by atoms with van der Waals surface area (Å²) in [6, 6.07) is 0. The number of nitrogens with one attached hydrogen (secondary N) is 2. The quantitative estimate of drug-likeness (QED) is 0.709. The molecule has 0 spiro atoms. The molecular formula is C11H16N4O2S. The van der Waals surface area contributed by atoms with Gasteiger partial charge in [0.15, 0.2) is 0 Å². The van der Waals surface area contributed by atoms with Crippen LogP contribution in [0.25, 0.3) is 0 Å². The molecule has 2 amide bonds. The molecule has 6 nitrogen and oxygen atoms in total. The van der Waals surface area contributed by atoms with Gasteiger partial charge in [-0.2, -0.15) is 0 Å². The van der Waals surface area contributed by atoms with Gasteiger partial charge >= 0.3 is 11.8 Å². The Labute approximate surface area is 109 Å². The molecule has 0 atom stereocenters. The van der Waals surface area contributed by atoms with Gasteiger partial charge in [-0.25, -0.2) is 4.98 Å². The van der Waals surface area contributed by atoms with Gasteiger partial charge in [-0.15, -0.1) is 11.3 Å². The number of amides is 2. The fraction of sp³-hybridized carbons (Fsp3) is 0.545. The Bertz CT molecular complexity index is 440. The second-order valence-electron chi connectivity index (χ2n) is 4.08. The lowest BCUT2D eigenvalue weighted by Gasteiger charge is -2.26. The maximum Gasteiger partial charge on any atom is 0.311 e. The minimum atomic E-state index is -0.553. The van der Waals surface area contributed by atoms with E-state index in [4.69, 9.17) is 0 Å². The summed E-state index contributed by atoms with van der Waals surface area (Å²) in [6.07, 6.45) is 0. The molecule has 0 unspecified atom stereocenters. The van der Waals surface area contributed by atoms with E-state index >= 15 is 0 Å². The van der Waals surface area contributed by atoms with Gasteiger partial charge in [-0.1, -0.05) is 0 Å². The molecule has 1 saturated heterocycles. The predicted molar refractivity (Wildman–Crippen MR) is 68.1 cm³/mol. The van der Waals surface area contributed by atoms with E-state index < -0.39 is 11.8 Å². The van der Waals surface area contributed by atoms with Crippen molar-refractivity contribution in [2.45, 2.75) is 13.5 Å². The van der Waals surface area contributed by atoms with E-state index in [1.54, 1.807) is 4.90 Å². The highest BCUT2D eigenvalue weighted by molar-refractivity contribution is 7.09. The largest absolute Gasteiger partial charge is 0.342 e. The molecule has 0 saturated carbocycles. The SMILES string of the molecule is Cc1nc(CNC(=O)C(=O)N2CCNCC2)cs1. The van der Waals surface area contributed by atoms with Gasteiger partial charge in [0.1, 0.15) is 0 Å². The standard InChI is InChI=1S/C11H16N4O2S/c1-8-14-9(7-18-8)6-13-10(16)11(17)15-4-2-12-3-5-15/h7,12H,2-6H2,1H3,(H,13,16). The third kappa shape index (κ3) is 3.27. The van der Waals surface area contributed by atoms with Crippen molar-refractivity contribution < 1.29 is 9.59 Å². The number of piperazine rings is 1. The maximum absolute atomic E-state index is 11.8. The molecule has 1 fully saturated rings. The van der Waals surface area contributed by atoms with E-state index in [1.807, 2.05) is 12.3 Å². The lowest BCUT2D eigenvalue weighted by molar-refractivity contribution is -0.146. The minimum Gasteiger partial charge on any atom is -0.342 e. The van der Waals surface area contributed by atoms with E-state index in [1.165, 1.54) is 11.3 Å². The van der Waals surface area contributed by atoms with Gasteiger partial charge in [0.25, 0.3) is 0 Å². The summed E-state index contributed by atoms with van der Waals surface area (Å²) < 4.78 is 0. The molecule has 98 valence electrons. The summed E-state index contributed by atoms with van der Waals surface area (Å²) in [6.45, 7) is 4.86. The van der Waals surface area contributed by atoms with Gasteiger partial charge in [-0.3, -0.25) is 9.59 Å². The first-order valence-electron chi connectivity index (χ1n) is 5.85. The third-order valence-electron chi connectivity index (χ3n) is 2.70. The molecule has 0 bridgehead atoms. The van der Waals surface area contributed by atoms with Crippen molar-refractivity contribution in [2.75, 3.05) is 26.2 Å². The van der Waals surface area contributed by atoms with Gasteiger partial charge in [0, 0.05) is 31.6 Å². The lowest BCUT2D eigenvalue weighted by Crippen LogP contribution is -2.51. The Hall–Kier alpha value is -1.47. The summed E-state index contributed by atoms with van der Waals surface area (Å²) in [7, 11) is 0. The normalized spacial score (nSPS) is 15.5. The second-order valence-corrected chi connectivity index (χ2v) is 5.14. The molecule has 0 aliphatic carbocycles. The highest BCUT2D eigenvalue weighted by Crippen LogP contribution is 2.07. The number of rotatable bonds is 2. The maximum atomic E-state index is 11.8. The zero-order valence-electron chi connectivity index (χ0n) is 10.2. The molecule has 1 aromatic heterocycles. The van der Waals surface area contributed by atoms with Crippen molar-refractivity contribution in [1.82, 2.24) is 20.5 Å². The van der Waals surface area contributed by atoms with Crippen LogP contribution in [0.5, 0.6) is 0 Å². The summed E-state index contributed by atoms with van der Waals surface area (Å²) in [5, 5.41) is 8.57. The molecule has 2 heterocycles. The molecule has 0 aromatic carbocycles. The van der Waals surface area contributed by atoms with Crippen molar-refractivity contribution in [3.63, 3.8) is 0 Å². The number of aryl methyl sites for hydroxylation is 1. The summed E-state index contributed by atoms with van der Waals surface area (Å²) >= 11 is 1.53. The molecule has 1 aromatic rings. The highest BCUT2D eigenvalue weighted by Gasteiger charge is 2.22. The van der Waals surface area contributed by atoms with Crippen LogP contribution in [0.3, 0.4) is 0 Å². The fourth-order valence-corrected chi connectivity index (χ4v) is 2.36. The smallest absolute Gasteiger partial charge is 0.311 e. The Morgan fingerprint density at radius 3 is 2.83 bits per heavy atom. The van der Waals surface area contributed by atoms with E-state index in [0.29, 0.717) is 19.6 Å². The number of thiazole rings is 1. The Morgan fingerprint density at radius 1 is 1.50 bits per heavy atom. The van der Waals surface area contributed by atoms with Gasteiger partial charge in [0.05, 0.1) is 17.2 Å². The Kier molecular flexibility index (Phi) is 4.27. The van der Waals surface area contributed by atoms with Gasteiger partial charge in [-0.05, 0) is 6.92 Å². The average Bonchev–Trinajstić information content (AvgIpc) is 2.82.